The molecule has 1 aliphatic rings. The van der Waals surface area contributed by atoms with E-state index in [0.717, 1.165) is 42.2 Å². The summed E-state index contributed by atoms with van der Waals surface area (Å²) in [5, 5.41) is 0.510. The number of fused-ring (bicyclic) bond motifs is 4. The van der Waals surface area contributed by atoms with Crippen LogP contribution in [0, 0.1) is 10.7 Å². The molecule has 0 N–H and O–H groups in total. The molecule has 3 heterocycles. The fourth-order valence-electron chi connectivity index (χ4n) is 3.88. The van der Waals surface area contributed by atoms with E-state index in [2.05, 4.69) is 37.0 Å². The van der Waals surface area contributed by atoms with Gasteiger partial charge in [0.1, 0.15) is 9.34 Å². The van der Waals surface area contributed by atoms with Gasteiger partial charge in [-0.2, -0.15) is 0 Å². The molecule has 0 atom stereocenters. The molecule has 4 aromatic rings. The van der Waals surface area contributed by atoms with Crippen LogP contribution < -0.4 is 4.90 Å². The first kappa shape index (κ1) is 19.9. The van der Waals surface area contributed by atoms with Crippen LogP contribution >= 0.6 is 44.7 Å². The summed E-state index contributed by atoms with van der Waals surface area (Å²) in [5.41, 5.74) is 5.24. The van der Waals surface area contributed by atoms with Gasteiger partial charge in [0.25, 0.3) is 5.22 Å². The standard InChI is InChI=1S/C22H18N2O2S4/c1-12-8-9-13-15(10-12)24(22(2,3)19-18(13)20(27)30-29-19)17(25)11-28-21-23-14-6-4-5-7-16(14)26-21/h4-10H,11H2,1-3H3. The largest absolute Gasteiger partial charge is 0.431 e. The zero-order chi connectivity index (χ0) is 21.0. The molecule has 1 aliphatic heterocycles. The molecule has 2 aromatic heterocycles. The summed E-state index contributed by atoms with van der Waals surface area (Å²) in [7, 11) is 3.28. The highest BCUT2D eigenvalue weighted by Crippen LogP contribution is 2.52. The molecule has 0 saturated heterocycles. The molecule has 1 amide bonds. The topological polar surface area (TPSA) is 46.3 Å². The minimum atomic E-state index is -0.479. The van der Waals surface area contributed by atoms with Crippen molar-refractivity contribution < 1.29 is 9.21 Å². The number of thioether (sulfide) groups is 1. The van der Waals surface area contributed by atoms with Crippen molar-refractivity contribution in [1.82, 2.24) is 4.98 Å². The minimum absolute atomic E-state index is 0.0223. The van der Waals surface area contributed by atoms with E-state index >= 15 is 0 Å². The van der Waals surface area contributed by atoms with E-state index in [1.807, 2.05) is 36.1 Å². The second-order valence-electron chi connectivity index (χ2n) is 7.70. The van der Waals surface area contributed by atoms with Gasteiger partial charge in [-0.15, -0.1) is 0 Å². The SMILES string of the molecule is Cc1ccc2c(c1)N(C(=O)CSc1nc3ccccc3o1)C(C)(C)c1ssc(=S)c1-2. The van der Waals surface area contributed by atoms with Crippen LogP contribution in [0.3, 0.4) is 0 Å². The Kier molecular flexibility index (Phi) is 4.85. The van der Waals surface area contributed by atoms with Crippen molar-refractivity contribution in [2.75, 3.05) is 10.7 Å². The van der Waals surface area contributed by atoms with E-state index < -0.39 is 5.54 Å². The molecule has 8 heteroatoms. The molecular weight excluding hydrogens is 453 g/mol. The maximum Gasteiger partial charge on any atom is 0.257 e. The molecule has 2 aromatic carbocycles. The van der Waals surface area contributed by atoms with E-state index in [0.29, 0.717) is 5.22 Å². The van der Waals surface area contributed by atoms with Gasteiger partial charge >= 0.3 is 0 Å². The lowest BCUT2D eigenvalue weighted by molar-refractivity contribution is -0.117. The fraction of sp³-hybridized carbons (Fsp3) is 0.227. The number of hydrogen-bond acceptors (Lipinski definition) is 7. The van der Waals surface area contributed by atoms with E-state index in [1.54, 1.807) is 20.7 Å². The van der Waals surface area contributed by atoms with Gasteiger partial charge in [0.2, 0.25) is 5.91 Å². The van der Waals surface area contributed by atoms with Crippen LogP contribution in [0.2, 0.25) is 0 Å². The first-order chi connectivity index (χ1) is 14.4. The van der Waals surface area contributed by atoms with Gasteiger partial charge in [-0.1, -0.05) is 68.9 Å². The van der Waals surface area contributed by atoms with E-state index in [-0.39, 0.29) is 11.7 Å². The Morgan fingerprint density at radius 3 is 2.83 bits per heavy atom. The lowest BCUT2D eigenvalue weighted by atomic mass is 9.87. The van der Waals surface area contributed by atoms with Crippen LogP contribution in [0.5, 0.6) is 0 Å². The fourth-order valence-corrected chi connectivity index (χ4v) is 7.85. The highest BCUT2D eigenvalue weighted by Gasteiger charge is 2.42. The number of benzene rings is 2. The lowest BCUT2D eigenvalue weighted by Gasteiger charge is -2.43. The molecule has 0 unspecified atom stereocenters. The number of rotatable bonds is 3. The van der Waals surface area contributed by atoms with Gasteiger partial charge in [0.15, 0.2) is 5.58 Å². The van der Waals surface area contributed by atoms with Crippen molar-refractivity contribution in [1.29, 1.82) is 0 Å². The molecule has 0 radical (unpaired) electrons. The Morgan fingerprint density at radius 2 is 2.03 bits per heavy atom. The normalized spacial score (nSPS) is 14.6. The third-order valence-corrected chi connectivity index (χ3v) is 9.40. The van der Waals surface area contributed by atoms with Gasteiger partial charge in [0, 0.05) is 11.1 Å². The molecule has 0 saturated carbocycles. The van der Waals surface area contributed by atoms with Crippen molar-refractivity contribution >= 4 is 67.4 Å². The number of anilines is 1. The number of aromatic nitrogens is 1. The Bertz CT molecular complexity index is 1320. The van der Waals surface area contributed by atoms with Crippen molar-refractivity contribution in [3.05, 3.63) is 56.7 Å². The molecule has 0 bridgehead atoms. The summed E-state index contributed by atoms with van der Waals surface area (Å²) in [6.45, 7) is 6.23. The van der Waals surface area contributed by atoms with E-state index in [4.69, 9.17) is 16.6 Å². The number of aryl methyl sites for hydroxylation is 1. The van der Waals surface area contributed by atoms with Gasteiger partial charge in [-0.25, -0.2) is 4.98 Å². The van der Waals surface area contributed by atoms with Crippen LogP contribution in [0.15, 0.2) is 52.1 Å². The summed E-state index contributed by atoms with van der Waals surface area (Å²) >= 11 is 6.97. The first-order valence-corrected chi connectivity index (χ1v) is 13.0. The number of amides is 1. The molecule has 0 spiro atoms. The summed E-state index contributed by atoms with van der Waals surface area (Å²) in [4.78, 5) is 21.1. The van der Waals surface area contributed by atoms with Crippen molar-refractivity contribution in [2.24, 2.45) is 0 Å². The summed E-state index contributed by atoms with van der Waals surface area (Å²) < 4.78 is 6.67. The third kappa shape index (κ3) is 3.13. The average Bonchev–Trinajstić information content (AvgIpc) is 3.30. The Balaban J connectivity index is 1.51. The summed E-state index contributed by atoms with van der Waals surface area (Å²) in [6.07, 6.45) is 0. The second-order valence-corrected chi connectivity index (χ2v) is 11.4. The predicted molar refractivity (Wildman–Crippen MR) is 128 cm³/mol. The van der Waals surface area contributed by atoms with Crippen molar-refractivity contribution in [3.8, 4) is 11.1 Å². The number of oxazole rings is 1. The molecule has 0 fully saturated rings. The van der Waals surface area contributed by atoms with Gasteiger partial charge < -0.3 is 9.32 Å². The summed E-state index contributed by atoms with van der Waals surface area (Å²) in [5.74, 6) is 0.267. The van der Waals surface area contributed by atoms with E-state index in [1.165, 1.54) is 11.8 Å². The Labute approximate surface area is 190 Å². The van der Waals surface area contributed by atoms with Gasteiger partial charge in [-0.3, -0.25) is 4.79 Å². The highest BCUT2D eigenvalue weighted by atomic mass is 32.9. The molecule has 5 rings (SSSR count). The zero-order valence-corrected chi connectivity index (χ0v) is 19.9. The minimum Gasteiger partial charge on any atom is -0.431 e. The van der Waals surface area contributed by atoms with Crippen LogP contribution in [0.25, 0.3) is 22.2 Å². The number of carbonyl (C=O) groups is 1. The number of carbonyl (C=O) groups excluding carboxylic acids is 1. The molecule has 4 nitrogen and oxygen atoms in total. The average molecular weight is 471 g/mol. The third-order valence-electron chi connectivity index (χ3n) is 5.25. The Hall–Kier alpha value is -2.00. The van der Waals surface area contributed by atoms with Gasteiger partial charge in [-0.05, 0) is 44.5 Å². The second kappa shape index (κ2) is 7.30. The Morgan fingerprint density at radius 1 is 1.23 bits per heavy atom. The van der Waals surface area contributed by atoms with Crippen LogP contribution in [-0.4, -0.2) is 16.6 Å². The number of hydrogen-bond donors (Lipinski definition) is 0. The molecule has 0 aliphatic carbocycles. The first-order valence-electron chi connectivity index (χ1n) is 9.42. The van der Waals surface area contributed by atoms with Crippen LogP contribution in [-0.2, 0) is 10.3 Å². The molecule has 152 valence electrons. The maximum absolute atomic E-state index is 13.5. The predicted octanol–water partition coefficient (Wildman–Crippen LogP) is 7.03. The van der Waals surface area contributed by atoms with Gasteiger partial charge in [0.05, 0.1) is 21.9 Å². The van der Waals surface area contributed by atoms with E-state index in [9.17, 15) is 4.79 Å². The maximum atomic E-state index is 13.5. The van der Waals surface area contributed by atoms with Crippen molar-refractivity contribution in [2.45, 2.75) is 31.5 Å². The number of nitrogens with zero attached hydrogens (tertiary/aromatic N) is 2. The monoisotopic (exact) mass is 470 g/mol. The van der Waals surface area contributed by atoms with Crippen LogP contribution in [0.1, 0.15) is 24.3 Å². The van der Waals surface area contributed by atoms with Crippen LogP contribution in [0.4, 0.5) is 5.69 Å². The smallest absolute Gasteiger partial charge is 0.257 e. The zero-order valence-electron chi connectivity index (χ0n) is 16.6. The molecular formula is C22H18N2O2S4. The summed E-state index contributed by atoms with van der Waals surface area (Å²) in [6, 6.07) is 13.9. The highest BCUT2D eigenvalue weighted by molar-refractivity contribution is 7.99. The van der Waals surface area contributed by atoms with Crippen molar-refractivity contribution in [3.63, 3.8) is 0 Å². The number of para-hydroxylation sites is 2. The molecule has 30 heavy (non-hydrogen) atoms. The quantitative estimate of drug-likeness (QED) is 0.183. The lowest BCUT2D eigenvalue weighted by Crippen LogP contribution is -2.48.